The summed E-state index contributed by atoms with van der Waals surface area (Å²) < 4.78 is 5.48. The van der Waals surface area contributed by atoms with Crippen LogP contribution in [0.3, 0.4) is 0 Å². The summed E-state index contributed by atoms with van der Waals surface area (Å²) in [6, 6.07) is 5.60. The number of benzene rings is 1. The molecule has 0 heterocycles. The molecule has 0 aliphatic heterocycles. The summed E-state index contributed by atoms with van der Waals surface area (Å²) in [6.07, 6.45) is 4.37. The predicted octanol–water partition coefficient (Wildman–Crippen LogP) is 3.79. The van der Waals surface area contributed by atoms with Gasteiger partial charge in [-0.15, -0.1) is 0 Å². The van der Waals surface area contributed by atoms with Gasteiger partial charge in [0.2, 0.25) is 0 Å². The number of halogens is 1. The highest BCUT2D eigenvalue weighted by Crippen LogP contribution is 2.28. The van der Waals surface area contributed by atoms with Gasteiger partial charge in [0.1, 0.15) is 12.4 Å². The summed E-state index contributed by atoms with van der Waals surface area (Å²) in [7, 11) is 0. The second-order valence-corrected chi connectivity index (χ2v) is 5.08. The Morgan fingerprint density at radius 1 is 1.41 bits per heavy atom. The molecule has 3 heteroatoms. The summed E-state index contributed by atoms with van der Waals surface area (Å²) in [6.45, 7) is 2.12. The summed E-state index contributed by atoms with van der Waals surface area (Å²) in [4.78, 5) is 11.8. The van der Waals surface area contributed by atoms with E-state index in [4.69, 9.17) is 16.3 Å². The van der Waals surface area contributed by atoms with Crippen molar-refractivity contribution in [2.75, 3.05) is 6.61 Å². The minimum Gasteiger partial charge on any atom is -0.484 e. The first-order valence-corrected chi connectivity index (χ1v) is 6.46. The molecule has 1 aromatic carbocycles. The molecular weight excluding hydrogens is 236 g/mol. The Balaban J connectivity index is 1.90. The van der Waals surface area contributed by atoms with Gasteiger partial charge in [0.15, 0.2) is 5.78 Å². The topological polar surface area (TPSA) is 26.3 Å². The van der Waals surface area contributed by atoms with Gasteiger partial charge in [0, 0.05) is 5.92 Å². The van der Waals surface area contributed by atoms with Crippen molar-refractivity contribution in [1.29, 1.82) is 0 Å². The molecule has 0 unspecified atom stereocenters. The van der Waals surface area contributed by atoms with Gasteiger partial charge in [-0.3, -0.25) is 4.79 Å². The maximum atomic E-state index is 11.8. The van der Waals surface area contributed by atoms with Gasteiger partial charge in [0.05, 0.1) is 5.02 Å². The summed E-state index contributed by atoms with van der Waals surface area (Å²) in [5.74, 6) is 1.02. The van der Waals surface area contributed by atoms with Crippen LogP contribution in [0.1, 0.15) is 31.2 Å². The molecule has 2 nitrogen and oxygen atoms in total. The van der Waals surface area contributed by atoms with Crippen molar-refractivity contribution in [2.45, 2.75) is 32.6 Å². The normalized spacial score (nSPS) is 16.1. The number of ketones is 1. The number of carbonyl (C=O) groups excluding carboxylic acids is 1. The molecule has 1 fully saturated rings. The van der Waals surface area contributed by atoms with E-state index in [-0.39, 0.29) is 18.3 Å². The fourth-order valence-electron chi connectivity index (χ4n) is 2.24. The first-order valence-electron chi connectivity index (χ1n) is 6.08. The Morgan fingerprint density at radius 3 is 2.76 bits per heavy atom. The number of carbonyl (C=O) groups is 1. The van der Waals surface area contributed by atoms with E-state index in [2.05, 4.69) is 0 Å². The Labute approximate surface area is 107 Å². The maximum absolute atomic E-state index is 11.8. The molecule has 1 aliphatic rings. The van der Waals surface area contributed by atoms with Crippen LogP contribution in [0.2, 0.25) is 5.02 Å². The lowest BCUT2D eigenvalue weighted by Gasteiger charge is -2.11. The van der Waals surface area contributed by atoms with Crippen LogP contribution in [-0.4, -0.2) is 12.4 Å². The molecule has 0 atom stereocenters. The molecule has 0 spiro atoms. The van der Waals surface area contributed by atoms with Crippen LogP contribution in [-0.2, 0) is 4.79 Å². The van der Waals surface area contributed by atoms with E-state index in [0.29, 0.717) is 10.8 Å². The second-order valence-electron chi connectivity index (χ2n) is 4.67. The summed E-state index contributed by atoms with van der Waals surface area (Å²) in [5, 5.41) is 0.573. The molecule has 2 rings (SSSR count). The van der Waals surface area contributed by atoms with Gasteiger partial charge in [-0.1, -0.05) is 30.5 Å². The third kappa shape index (κ3) is 3.22. The van der Waals surface area contributed by atoms with Crippen molar-refractivity contribution in [1.82, 2.24) is 0 Å². The Bertz CT molecular complexity index is 409. The van der Waals surface area contributed by atoms with Crippen LogP contribution in [0.25, 0.3) is 0 Å². The van der Waals surface area contributed by atoms with E-state index in [9.17, 15) is 4.79 Å². The predicted molar refractivity (Wildman–Crippen MR) is 68.6 cm³/mol. The standard InChI is InChI=1S/C14H17ClO2/c1-10-6-7-14(12(15)8-10)17-9-13(16)11-4-2-3-5-11/h6-8,11H,2-5,9H2,1H3. The zero-order valence-electron chi connectivity index (χ0n) is 10.0. The van der Waals surface area contributed by atoms with E-state index in [1.807, 2.05) is 25.1 Å². The molecule has 1 aromatic rings. The molecule has 1 saturated carbocycles. The summed E-state index contributed by atoms with van der Waals surface area (Å²) >= 11 is 6.04. The van der Waals surface area contributed by atoms with Gasteiger partial charge in [-0.05, 0) is 37.5 Å². The molecular formula is C14H17ClO2. The lowest BCUT2D eigenvalue weighted by atomic mass is 10.0. The fraction of sp³-hybridized carbons (Fsp3) is 0.500. The average Bonchev–Trinajstić information content (AvgIpc) is 2.81. The maximum Gasteiger partial charge on any atom is 0.173 e. The largest absolute Gasteiger partial charge is 0.484 e. The first-order chi connectivity index (χ1) is 8.16. The van der Waals surface area contributed by atoms with Crippen molar-refractivity contribution in [3.63, 3.8) is 0 Å². The molecule has 92 valence electrons. The lowest BCUT2D eigenvalue weighted by molar-refractivity contribution is -0.124. The van der Waals surface area contributed by atoms with Crippen molar-refractivity contribution in [3.8, 4) is 5.75 Å². The smallest absolute Gasteiger partial charge is 0.173 e. The van der Waals surface area contributed by atoms with Crippen molar-refractivity contribution < 1.29 is 9.53 Å². The second kappa shape index (κ2) is 5.54. The van der Waals surface area contributed by atoms with Crippen LogP contribution in [0.15, 0.2) is 18.2 Å². The zero-order valence-corrected chi connectivity index (χ0v) is 10.8. The van der Waals surface area contributed by atoms with Crippen LogP contribution < -0.4 is 4.74 Å². The molecule has 0 saturated heterocycles. The van der Waals surface area contributed by atoms with E-state index in [1.54, 1.807) is 0 Å². The van der Waals surface area contributed by atoms with E-state index < -0.39 is 0 Å². The van der Waals surface area contributed by atoms with Crippen LogP contribution >= 0.6 is 11.6 Å². The number of hydrogen-bond acceptors (Lipinski definition) is 2. The van der Waals surface area contributed by atoms with Crippen molar-refractivity contribution >= 4 is 17.4 Å². The molecule has 0 amide bonds. The van der Waals surface area contributed by atoms with Gasteiger partial charge in [0.25, 0.3) is 0 Å². The molecule has 1 aliphatic carbocycles. The monoisotopic (exact) mass is 252 g/mol. The zero-order chi connectivity index (χ0) is 12.3. The Hall–Kier alpha value is -1.02. The van der Waals surface area contributed by atoms with Crippen molar-refractivity contribution in [3.05, 3.63) is 28.8 Å². The van der Waals surface area contributed by atoms with E-state index >= 15 is 0 Å². The number of aryl methyl sites for hydroxylation is 1. The average molecular weight is 253 g/mol. The third-order valence-electron chi connectivity index (χ3n) is 3.27. The fourth-order valence-corrected chi connectivity index (χ4v) is 2.53. The number of Topliss-reactive ketones (excluding diaryl/α,β-unsaturated/α-hetero) is 1. The third-order valence-corrected chi connectivity index (χ3v) is 3.56. The number of ether oxygens (including phenoxy) is 1. The highest BCUT2D eigenvalue weighted by Gasteiger charge is 2.22. The quantitative estimate of drug-likeness (QED) is 0.815. The van der Waals surface area contributed by atoms with Crippen LogP contribution in [0.5, 0.6) is 5.75 Å². The molecule has 0 radical (unpaired) electrons. The lowest BCUT2D eigenvalue weighted by Crippen LogP contribution is -2.19. The SMILES string of the molecule is Cc1ccc(OCC(=O)C2CCCC2)c(Cl)c1. The highest BCUT2D eigenvalue weighted by molar-refractivity contribution is 6.32. The molecule has 0 N–H and O–H groups in total. The van der Waals surface area contributed by atoms with Gasteiger partial charge < -0.3 is 4.74 Å². The molecule has 0 aromatic heterocycles. The number of hydrogen-bond donors (Lipinski definition) is 0. The Kier molecular flexibility index (Phi) is 4.06. The van der Waals surface area contributed by atoms with Crippen LogP contribution in [0.4, 0.5) is 0 Å². The van der Waals surface area contributed by atoms with E-state index in [1.165, 1.54) is 12.8 Å². The van der Waals surface area contributed by atoms with Gasteiger partial charge in [-0.25, -0.2) is 0 Å². The first kappa shape index (κ1) is 12.4. The molecule has 0 bridgehead atoms. The van der Waals surface area contributed by atoms with Crippen LogP contribution in [0, 0.1) is 12.8 Å². The number of rotatable bonds is 4. The minimum atomic E-state index is 0.146. The Morgan fingerprint density at radius 2 is 2.12 bits per heavy atom. The molecule has 17 heavy (non-hydrogen) atoms. The van der Waals surface area contributed by atoms with Crippen molar-refractivity contribution in [2.24, 2.45) is 5.92 Å². The minimum absolute atomic E-state index is 0.146. The van der Waals surface area contributed by atoms with Gasteiger partial charge >= 0.3 is 0 Å². The summed E-state index contributed by atoms with van der Waals surface area (Å²) in [5.41, 5.74) is 1.09. The van der Waals surface area contributed by atoms with Gasteiger partial charge in [-0.2, -0.15) is 0 Å². The van der Waals surface area contributed by atoms with E-state index in [0.717, 1.165) is 18.4 Å². The highest BCUT2D eigenvalue weighted by atomic mass is 35.5.